The number of ether oxygens (including phenoxy) is 1. The minimum Gasteiger partial charge on any atom is -0.478 e. The summed E-state index contributed by atoms with van der Waals surface area (Å²) in [4.78, 5) is 36.2. The highest BCUT2D eigenvalue weighted by atomic mass is 32.1. The van der Waals surface area contributed by atoms with Crippen LogP contribution in [0.15, 0.2) is 29.3 Å². The molecule has 0 aliphatic carbocycles. The number of hydrogen-bond acceptors (Lipinski definition) is 8. The van der Waals surface area contributed by atoms with Crippen LogP contribution in [0.4, 0.5) is 0 Å². The molecule has 0 bridgehead atoms. The molecule has 6 N–H and O–H groups in total. The fourth-order valence-electron chi connectivity index (χ4n) is 2.81. The van der Waals surface area contributed by atoms with Gasteiger partial charge >= 0.3 is 5.97 Å². The Morgan fingerprint density at radius 2 is 2.00 bits per heavy atom. The van der Waals surface area contributed by atoms with Crippen LogP contribution in [0, 0.1) is 0 Å². The van der Waals surface area contributed by atoms with Crippen LogP contribution in [0.3, 0.4) is 0 Å². The third kappa shape index (κ3) is 5.52. The van der Waals surface area contributed by atoms with E-state index in [9.17, 15) is 29.7 Å². The molecule has 2 amide bonds. The summed E-state index contributed by atoms with van der Waals surface area (Å²) < 4.78 is 5.24. The Bertz CT molecular complexity index is 736. The predicted octanol–water partition coefficient (Wildman–Crippen LogP) is -1.64. The monoisotopic (exact) mass is 414 g/mol. The Labute approximate surface area is 164 Å². The van der Waals surface area contributed by atoms with Crippen molar-refractivity contribution in [1.82, 2.24) is 10.6 Å². The quantitative estimate of drug-likeness (QED) is 0.295. The van der Waals surface area contributed by atoms with E-state index in [1.165, 1.54) is 18.3 Å². The molecular formula is C17H22N2O8S. The fraction of sp³-hybridized carbons (Fsp3) is 0.471. The molecule has 0 saturated carbocycles. The van der Waals surface area contributed by atoms with Gasteiger partial charge in [-0.3, -0.25) is 9.59 Å². The molecule has 1 aliphatic rings. The number of nitrogens with one attached hydrogen (secondary N) is 2. The van der Waals surface area contributed by atoms with Crippen LogP contribution in [-0.4, -0.2) is 75.2 Å². The Hall–Kier alpha value is -2.47. The van der Waals surface area contributed by atoms with Gasteiger partial charge in [-0.15, -0.1) is 11.3 Å². The summed E-state index contributed by atoms with van der Waals surface area (Å²) in [5.74, 6) is -2.96. The normalized spacial score (nSPS) is 23.7. The van der Waals surface area contributed by atoms with E-state index in [1.54, 1.807) is 12.1 Å². The lowest BCUT2D eigenvalue weighted by atomic mass is 9.92. The number of carbonyl (C=O) groups excluding carboxylic acids is 2. The molecule has 1 aliphatic heterocycles. The highest BCUT2D eigenvalue weighted by Gasteiger charge is 2.44. The maximum Gasteiger partial charge on any atom is 0.370 e. The van der Waals surface area contributed by atoms with Gasteiger partial charge in [-0.2, -0.15) is 0 Å². The molecule has 1 aromatic rings. The molecule has 28 heavy (non-hydrogen) atoms. The highest BCUT2D eigenvalue weighted by molar-refractivity contribution is 7.10. The first-order chi connectivity index (χ1) is 13.2. The summed E-state index contributed by atoms with van der Waals surface area (Å²) in [5.41, 5.74) is 0. The lowest BCUT2D eigenvalue weighted by molar-refractivity contribution is -0.147. The van der Waals surface area contributed by atoms with Crippen molar-refractivity contribution in [3.63, 3.8) is 0 Å². The molecular weight excluding hydrogens is 392 g/mol. The standard InChI is InChI=1S/C17H22N2O8S/c1-8(21)18-14-10(19-13(23)5-9-3-2-4-28-9)6-12(17(25)26)27-16(14)15(24)11(22)7-20/h2-4,6,10-11,14-16,20,22,24H,5,7H2,1H3,(H,18,21)(H,19,23)(H,25,26)/t10-,11+,14+,15+,16+/m0/s1. The molecule has 0 saturated heterocycles. The van der Waals surface area contributed by atoms with Gasteiger partial charge < -0.3 is 35.8 Å². The minimum atomic E-state index is -1.72. The third-order valence-electron chi connectivity index (χ3n) is 4.08. The summed E-state index contributed by atoms with van der Waals surface area (Å²) >= 11 is 1.38. The summed E-state index contributed by atoms with van der Waals surface area (Å²) in [5, 5.41) is 45.3. The van der Waals surface area contributed by atoms with Gasteiger partial charge in [0.2, 0.25) is 17.6 Å². The number of carbonyl (C=O) groups is 3. The van der Waals surface area contributed by atoms with E-state index in [0.717, 1.165) is 11.0 Å². The molecule has 0 radical (unpaired) electrons. The van der Waals surface area contributed by atoms with Gasteiger partial charge in [0.1, 0.15) is 18.3 Å². The van der Waals surface area contributed by atoms with Gasteiger partial charge in [-0.25, -0.2) is 4.79 Å². The first-order valence-corrected chi connectivity index (χ1v) is 9.28. The van der Waals surface area contributed by atoms with E-state index in [1.807, 2.05) is 5.38 Å². The molecule has 1 aromatic heterocycles. The smallest absolute Gasteiger partial charge is 0.370 e. The van der Waals surface area contributed by atoms with E-state index in [0.29, 0.717) is 0 Å². The van der Waals surface area contributed by atoms with Crippen molar-refractivity contribution in [1.29, 1.82) is 0 Å². The minimum absolute atomic E-state index is 0.0462. The van der Waals surface area contributed by atoms with E-state index >= 15 is 0 Å². The van der Waals surface area contributed by atoms with Crippen molar-refractivity contribution in [2.75, 3.05) is 6.61 Å². The Balaban J connectivity index is 2.30. The summed E-state index contributed by atoms with van der Waals surface area (Å²) in [6.45, 7) is 0.391. The first-order valence-electron chi connectivity index (χ1n) is 8.40. The van der Waals surface area contributed by atoms with Crippen molar-refractivity contribution in [3.05, 3.63) is 34.2 Å². The Morgan fingerprint density at radius 3 is 2.54 bits per heavy atom. The van der Waals surface area contributed by atoms with E-state index in [2.05, 4.69) is 10.6 Å². The fourth-order valence-corrected chi connectivity index (χ4v) is 3.51. The van der Waals surface area contributed by atoms with Gasteiger partial charge in [0, 0.05) is 11.8 Å². The molecule has 5 atom stereocenters. The zero-order valence-corrected chi connectivity index (χ0v) is 15.8. The van der Waals surface area contributed by atoms with Crippen LogP contribution in [0.1, 0.15) is 11.8 Å². The zero-order chi connectivity index (χ0) is 20.8. The maximum atomic E-state index is 12.4. The second-order valence-electron chi connectivity index (χ2n) is 6.23. The van der Waals surface area contributed by atoms with Crippen molar-refractivity contribution < 1.29 is 39.5 Å². The summed E-state index contributed by atoms with van der Waals surface area (Å²) in [7, 11) is 0. The number of aliphatic carboxylic acids is 1. The highest BCUT2D eigenvalue weighted by Crippen LogP contribution is 2.23. The van der Waals surface area contributed by atoms with Gasteiger partial charge in [-0.05, 0) is 17.5 Å². The van der Waals surface area contributed by atoms with Crippen LogP contribution in [-0.2, 0) is 25.5 Å². The second-order valence-corrected chi connectivity index (χ2v) is 7.27. The summed E-state index contributed by atoms with van der Waals surface area (Å²) in [6.07, 6.45) is -3.62. The van der Waals surface area contributed by atoms with Crippen LogP contribution in [0.5, 0.6) is 0 Å². The van der Waals surface area contributed by atoms with Gasteiger partial charge in [-0.1, -0.05) is 6.07 Å². The van der Waals surface area contributed by atoms with Gasteiger partial charge in [0.05, 0.1) is 25.1 Å². The van der Waals surface area contributed by atoms with Gasteiger partial charge in [0.25, 0.3) is 0 Å². The average molecular weight is 414 g/mol. The Morgan fingerprint density at radius 1 is 1.29 bits per heavy atom. The number of carboxylic acids is 1. The number of thiophene rings is 1. The van der Waals surface area contributed by atoms with Gasteiger partial charge in [0.15, 0.2) is 0 Å². The van der Waals surface area contributed by atoms with Crippen LogP contribution < -0.4 is 10.6 Å². The molecule has 0 fully saturated rings. The SMILES string of the molecule is CC(=O)N[C@H]1[C@H]([C@H](O)[C@H](O)CO)OC(C(=O)O)=C[C@@H]1NC(=O)Cc1cccs1. The van der Waals surface area contributed by atoms with Crippen LogP contribution in [0.2, 0.25) is 0 Å². The topological polar surface area (TPSA) is 165 Å². The molecule has 2 heterocycles. The molecule has 0 unspecified atom stereocenters. The number of rotatable bonds is 8. The maximum absolute atomic E-state index is 12.4. The van der Waals surface area contributed by atoms with Crippen LogP contribution in [0.25, 0.3) is 0 Å². The molecule has 2 rings (SSSR count). The lowest BCUT2D eigenvalue weighted by Crippen LogP contribution is -2.63. The zero-order valence-electron chi connectivity index (χ0n) is 14.9. The molecule has 11 heteroatoms. The molecule has 154 valence electrons. The average Bonchev–Trinajstić information content (AvgIpc) is 3.13. The molecule has 0 aromatic carbocycles. The van der Waals surface area contributed by atoms with Crippen molar-refractivity contribution in [2.45, 2.75) is 43.7 Å². The van der Waals surface area contributed by atoms with E-state index in [4.69, 9.17) is 9.84 Å². The number of carboxylic acid groups (broad SMARTS) is 1. The number of aliphatic hydroxyl groups is 3. The second kappa shape index (κ2) is 9.64. The van der Waals surface area contributed by atoms with E-state index in [-0.39, 0.29) is 6.42 Å². The predicted molar refractivity (Wildman–Crippen MR) is 97.2 cm³/mol. The van der Waals surface area contributed by atoms with Crippen molar-refractivity contribution in [2.24, 2.45) is 0 Å². The van der Waals surface area contributed by atoms with E-state index < -0.39 is 60.5 Å². The Kier molecular flexibility index (Phi) is 7.52. The number of hydrogen-bond donors (Lipinski definition) is 6. The molecule has 10 nitrogen and oxygen atoms in total. The third-order valence-corrected chi connectivity index (χ3v) is 4.95. The van der Waals surface area contributed by atoms with Crippen molar-refractivity contribution in [3.8, 4) is 0 Å². The summed E-state index contributed by atoms with van der Waals surface area (Å²) in [6, 6.07) is 1.45. The first kappa shape index (κ1) is 21.8. The molecule has 0 spiro atoms. The number of aliphatic hydroxyl groups excluding tert-OH is 3. The van der Waals surface area contributed by atoms with Crippen LogP contribution >= 0.6 is 11.3 Å². The van der Waals surface area contributed by atoms with Crippen molar-refractivity contribution >= 4 is 29.1 Å². The lowest BCUT2D eigenvalue weighted by Gasteiger charge is -2.40. The largest absolute Gasteiger partial charge is 0.478 e. The number of amides is 2.